The third kappa shape index (κ3) is 3.92. The lowest BCUT2D eigenvalue weighted by molar-refractivity contribution is -0.384. The molecule has 112 valence electrons. The standard InChI is InChI=1S/C16H20N2O3/c1-3-4-11-17(2)12-13-9-10-16(21-13)14-7-5-6-8-15(14)18(19)20/h5-10H,3-4,11-12H2,1-2H3. The Labute approximate surface area is 124 Å². The van der Waals surface area contributed by atoms with Gasteiger partial charge in [-0.1, -0.05) is 25.5 Å². The first-order valence-electron chi connectivity index (χ1n) is 7.13. The van der Waals surface area contributed by atoms with Gasteiger partial charge in [0.15, 0.2) is 0 Å². The van der Waals surface area contributed by atoms with Gasteiger partial charge in [0.2, 0.25) is 0 Å². The van der Waals surface area contributed by atoms with Crippen molar-refractivity contribution in [2.45, 2.75) is 26.3 Å². The molecule has 2 aromatic rings. The summed E-state index contributed by atoms with van der Waals surface area (Å²) < 4.78 is 5.77. The van der Waals surface area contributed by atoms with Gasteiger partial charge in [-0.3, -0.25) is 15.0 Å². The summed E-state index contributed by atoms with van der Waals surface area (Å²) >= 11 is 0. The highest BCUT2D eigenvalue weighted by molar-refractivity contribution is 5.69. The molecular formula is C16H20N2O3. The van der Waals surface area contributed by atoms with E-state index in [1.807, 2.05) is 13.1 Å². The SMILES string of the molecule is CCCCN(C)Cc1ccc(-c2ccccc2[N+](=O)[O-])o1. The molecule has 0 radical (unpaired) electrons. The average Bonchev–Trinajstić information content (AvgIpc) is 2.93. The second kappa shape index (κ2) is 7.04. The molecule has 0 amide bonds. The van der Waals surface area contributed by atoms with Gasteiger partial charge in [0.25, 0.3) is 5.69 Å². The van der Waals surface area contributed by atoms with Crippen molar-refractivity contribution in [1.82, 2.24) is 4.90 Å². The molecule has 0 aliphatic carbocycles. The number of nitrogens with zero attached hydrogens (tertiary/aromatic N) is 2. The summed E-state index contributed by atoms with van der Waals surface area (Å²) in [6.45, 7) is 3.88. The van der Waals surface area contributed by atoms with E-state index >= 15 is 0 Å². The van der Waals surface area contributed by atoms with E-state index in [4.69, 9.17) is 4.42 Å². The first kappa shape index (κ1) is 15.3. The van der Waals surface area contributed by atoms with Crippen molar-refractivity contribution in [3.63, 3.8) is 0 Å². The number of unbranched alkanes of at least 4 members (excludes halogenated alkanes) is 1. The van der Waals surface area contributed by atoms with Crippen LogP contribution in [0.1, 0.15) is 25.5 Å². The highest BCUT2D eigenvalue weighted by atomic mass is 16.6. The Morgan fingerprint density at radius 3 is 2.71 bits per heavy atom. The first-order valence-corrected chi connectivity index (χ1v) is 7.13. The molecule has 21 heavy (non-hydrogen) atoms. The molecule has 1 heterocycles. The van der Waals surface area contributed by atoms with Crippen LogP contribution in [0.5, 0.6) is 0 Å². The molecule has 1 aromatic heterocycles. The highest BCUT2D eigenvalue weighted by Crippen LogP contribution is 2.31. The van der Waals surface area contributed by atoms with E-state index in [1.165, 1.54) is 6.07 Å². The molecule has 2 rings (SSSR count). The lowest BCUT2D eigenvalue weighted by Crippen LogP contribution is -2.18. The van der Waals surface area contributed by atoms with Gasteiger partial charge in [0.05, 0.1) is 17.0 Å². The first-order chi connectivity index (χ1) is 10.1. The van der Waals surface area contributed by atoms with Crippen molar-refractivity contribution < 1.29 is 9.34 Å². The molecule has 0 bridgehead atoms. The average molecular weight is 288 g/mol. The molecule has 0 N–H and O–H groups in total. The quantitative estimate of drug-likeness (QED) is 0.569. The predicted octanol–water partition coefficient (Wildman–Crippen LogP) is 4.09. The maximum absolute atomic E-state index is 11.1. The molecule has 0 unspecified atom stereocenters. The Kier molecular flexibility index (Phi) is 5.11. The summed E-state index contributed by atoms with van der Waals surface area (Å²) in [5.74, 6) is 1.36. The van der Waals surface area contributed by atoms with Gasteiger partial charge in [-0.25, -0.2) is 0 Å². The molecule has 5 heteroatoms. The lowest BCUT2D eigenvalue weighted by atomic mass is 10.1. The number of para-hydroxylation sites is 1. The van der Waals surface area contributed by atoms with E-state index in [2.05, 4.69) is 11.8 Å². The minimum atomic E-state index is -0.384. The largest absolute Gasteiger partial charge is 0.459 e. The van der Waals surface area contributed by atoms with Gasteiger partial charge in [-0.05, 0) is 38.2 Å². The van der Waals surface area contributed by atoms with Crippen molar-refractivity contribution >= 4 is 5.69 Å². The molecule has 0 aliphatic heterocycles. The van der Waals surface area contributed by atoms with Crippen molar-refractivity contribution in [2.24, 2.45) is 0 Å². The third-order valence-electron chi connectivity index (χ3n) is 3.35. The number of furan rings is 1. The minimum absolute atomic E-state index is 0.0673. The van der Waals surface area contributed by atoms with E-state index in [0.29, 0.717) is 17.9 Å². The van der Waals surface area contributed by atoms with Crippen molar-refractivity contribution in [3.05, 3.63) is 52.3 Å². The van der Waals surface area contributed by atoms with Crippen LogP contribution in [-0.2, 0) is 6.54 Å². The minimum Gasteiger partial charge on any atom is -0.459 e. The second-order valence-electron chi connectivity index (χ2n) is 5.13. The third-order valence-corrected chi connectivity index (χ3v) is 3.35. The van der Waals surface area contributed by atoms with Crippen LogP contribution in [0.4, 0.5) is 5.69 Å². The van der Waals surface area contributed by atoms with Gasteiger partial charge < -0.3 is 4.42 Å². The normalized spacial score (nSPS) is 11.0. The van der Waals surface area contributed by atoms with Gasteiger partial charge >= 0.3 is 0 Å². The van der Waals surface area contributed by atoms with Gasteiger partial charge in [-0.15, -0.1) is 0 Å². The predicted molar refractivity (Wildman–Crippen MR) is 82.0 cm³/mol. The monoisotopic (exact) mass is 288 g/mol. The smallest absolute Gasteiger partial charge is 0.280 e. The zero-order chi connectivity index (χ0) is 15.2. The molecule has 0 fully saturated rings. The van der Waals surface area contributed by atoms with Crippen molar-refractivity contribution in [1.29, 1.82) is 0 Å². The van der Waals surface area contributed by atoms with E-state index in [0.717, 1.165) is 25.1 Å². The molecule has 5 nitrogen and oxygen atoms in total. The van der Waals surface area contributed by atoms with Crippen LogP contribution >= 0.6 is 0 Å². The lowest BCUT2D eigenvalue weighted by Gasteiger charge is -2.13. The fraction of sp³-hybridized carbons (Fsp3) is 0.375. The van der Waals surface area contributed by atoms with Crippen molar-refractivity contribution in [2.75, 3.05) is 13.6 Å². The summed E-state index contributed by atoms with van der Waals surface area (Å²) in [7, 11) is 2.04. The highest BCUT2D eigenvalue weighted by Gasteiger charge is 2.17. The zero-order valence-corrected chi connectivity index (χ0v) is 12.4. The topological polar surface area (TPSA) is 59.5 Å². The van der Waals surface area contributed by atoms with E-state index < -0.39 is 0 Å². The van der Waals surface area contributed by atoms with Crippen LogP contribution in [0, 0.1) is 10.1 Å². The zero-order valence-electron chi connectivity index (χ0n) is 12.4. The summed E-state index contributed by atoms with van der Waals surface area (Å²) in [5, 5.41) is 11.1. The number of benzene rings is 1. The Hall–Kier alpha value is -2.14. The van der Waals surface area contributed by atoms with E-state index in [9.17, 15) is 10.1 Å². The molecule has 0 spiro atoms. The Morgan fingerprint density at radius 1 is 1.24 bits per heavy atom. The maximum Gasteiger partial charge on any atom is 0.280 e. The van der Waals surface area contributed by atoms with E-state index in [1.54, 1.807) is 24.3 Å². The Bertz CT molecular complexity index is 607. The van der Waals surface area contributed by atoms with Crippen LogP contribution in [0.25, 0.3) is 11.3 Å². The molecule has 0 saturated heterocycles. The summed E-state index contributed by atoms with van der Waals surface area (Å²) in [6, 6.07) is 10.3. The Balaban J connectivity index is 2.15. The summed E-state index contributed by atoms with van der Waals surface area (Å²) in [5.41, 5.74) is 0.586. The molecule has 0 saturated carbocycles. The van der Waals surface area contributed by atoms with Crippen LogP contribution in [-0.4, -0.2) is 23.4 Å². The van der Waals surface area contributed by atoms with Gasteiger partial charge in [0, 0.05) is 6.07 Å². The summed E-state index contributed by atoms with van der Waals surface area (Å²) in [6.07, 6.45) is 2.30. The van der Waals surface area contributed by atoms with Crippen LogP contribution in [0.15, 0.2) is 40.8 Å². The van der Waals surface area contributed by atoms with Crippen LogP contribution in [0.3, 0.4) is 0 Å². The molecular weight excluding hydrogens is 268 g/mol. The summed E-state index contributed by atoms with van der Waals surface area (Å²) in [4.78, 5) is 12.9. The van der Waals surface area contributed by atoms with Crippen LogP contribution in [0.2, 0.25) is 0 Å². The number of hydrogen-bond donors (Lipinski definition) is 0. The molecule has 1 aromatic carbocycles. The molecule has 0 atom stereocenters. The van der Waals surface area contributed by atoms with Gasteiger partial charge in [-0.2, -0.15) is 0 Å². The number of rotatable bonds is 7. The van der Waals surface area contributed by atoms with Crippen molar-refractivity contribution in [3.8, 4) is 11.3 Å². The number of nitro benzene ring substituents is 1. The fourth-order valence-electron chi connectivity index (χ4n) is 2.22. The number of hydrogen-bond acceptors (Lipinski definition) is 4. The Morgan fingerprint density at radius 2 is 2.00 bits per heavy atom. The van der Waals surface area contributed by atoms with Gasteiger partial charge in [0.1, 0.15) is 11.5 Å². The molecule has 0 aliphatic rings. The van der Waals surface area contributed by atoms with Crippen LogP contribution < -0.4 is 0 Å². The fourth-order valence-corrected chi connectivity index (χ4v) is 2.22. The maximum atomic E-state index is 11.1. The second-order valence-corrected chi connectivity index (χ2v) is 5.13. The number of nitro groups is 1. The van der Waals surface area contributed by atoms with E-state index in [-0.39, 0.29) is 10.6 Å².